The molecule has 1 saturated carbocycles. The predicted molar refractivity (Wildman–Crippen MR) is 99.6 cm³/mol. The molecule has 0 aromatic heterocycles. The van der Waals surface area contributed by atoms with Crippen LogP contribution in [0.4, 0.5) is 0 Å². The number of benzene rings is 1. The first-order valence-electron chi connectivity index (χ1n) is 9.34. The number of ether oxygens (including phenoxy) is 1. The zero-order valence-electron chi connectivity index (χ0n) is 15.7. The number of nitrogens with zero attached hydrogens (tertiary/aromatic N) is 1. The standard InChI is InChI=1S/C19H28N2O4S/c1-13(2)25-18-7-6-17(12-14(18)3)26(23,24)20-16-8-10-21(11-9-16)19(22)15-4-5-15/h6-7,12-13,15-16,20H,4-5,8-11H2,1-3H3. The first-order chi connectivity index (χ1) is 12.3. The van der Waals surface area contributed by atoms with Crippen LogP contribution in [0.15, 0.2) is 23.1 Å². The second kappa shape index (κ2) is 7.56. The lowest BCUT2D eigenvalue weighted by Crippen LogP contribution is -2.46. The normalized spacial score (nSPS) is 19.0. The highest BCUT2D eigenvalue weighted by molar-refractivity contribution is 7.89. The molecule has 1 heterocycles. The molecule has 26 heavy (non-hydrogen) atoms. The van der Waals surface area contributed by atoms with Gasteiger partial charge in [0.05, 0.1) is 11.0 Å². The van der Waals surface area contributed by atoms with Crippen LogP contribution in [0.25, 0.3) is 0 Å². The summed E-state index contributed by atoms with van der Waals surface area (Å²) in [6.45, 7) is 6.97. The Morgan fingerprint density at radius 1 is 1.19 bits per heavy atom. The summed E-state index contributed by atoms with van der Waals surface area (Å²) < 4.78 is 33.8. The molecule has 0 radical (unpaired) electrons. The molecule has 1 aliphatic carbocycles. The quantitative estimate of drug-likeness (QED) is 0.823. The fourth-order valence-electron chi connectivity index (χ4n) is 3.27. The third-order valence-corrected chi connectivity index (χ3v) is 6.39. The molecule has 1 aromatic carbocycles. The molecule has 0 spiro atoms. The topological polar surface area (TPSA) is 75.7 Å². The fraction of sp³-hybridized carbons (Fsp3) is 0.632. The number of carbonyl (C=O) groups excluding carboxylic acids is 1. The summed E-state index contributed by atoms with van der Waals surface area (Å²) in [4.78, 5) is 14.2. The minimum absolute atomic E-state index is 0.0396. The predicted octanol–water partition coefficient (Wildman–Crippen LogP) is 2.46. The van der Waals surface area contributed by atoms with E-state index >= 15 is 0 Å². The average Bonchev–Trinajstić information content (AvgIpc) is 3.41. The first kappa shape index (κ1) is 19.2. The second-order valence-electron chi connectivity index (χ2n) is 7.59. The summed E-state index contributed by atoms with van der Waals surface area (Å²) in [6.07, 6.45) is 3.36. The zero-order chi connectivity index (χ0) is 18.9. The molecule has 1 saturated heterocycles. The Morgan fingerprint density at radius 3 is 2.38 bits per heavy atom. The maximum Gasteiger partial charge on any atom is 0.240 e. The summed E-state index contributed by atoms with van der Waals surface area (Å²) in [7, 11) is -3.58. The molecular weight excluding hydrogens is 352 g/mol. The number of rotatable bonds is 6. The monoisotopic (exact) mass is 380 g/mol. The van der Waals surface area contributed by atoms with E-state index in [4.69, 9.17) is 4.74 Å². The summed E-state index contributed by atoms with van der Waals surface area (Å²) in [5, 5.41) is 0. The number of sulfonamides is 1. The van der Waals surface area contributed by atoms with Gasteiger partial charge in [-0.1, -0.05) is 0 Å². The molecule has 2 fully saturated rings. The van der Waals surface area contributed by atoms with Gasteiger partial charge < -0.3 is 9.64 Å². The summed E-state index contributed by atoms with van der Waals surface area (Å²) in [5.41, 5.74) is 0.798. The molecule has 0 atom stereocenters. The van der Waals surface area contributed by atoms with Crippen molar-refractivity contribution in [3.05, 3.63) is 23.8 Å². The van der Waals surface area contributed by atoms with Gasteiger partial charge in [-0.05, 0) is 70.2 Å². The molecule has 144 valence electrons. The minimum Gasteiger partial charge on any atom is -0.491 e. The van der Waals surface area contributed by atoms with Crippen molar-refractivity contribution in [3.8, 4) is 5.75 Å². The summed E-state index contributed by atoms with van der Waals surface area (Å²) in [5.74, 6) is 1.16. The number of hydrogen-bond acceptors (Lipinski definition) is 4. The molecule has 1 amide bonds. The highest BCUT2D eigenvalue weighted by atomic mass is 32.2. The van der Waals surface area contributed by atoms with Gasteiger partial charge in [-0.3, -0.25) is 4.79 Å². The van der Waals surface area contributed by atoms with Crippen LogP contribution in [-0.2, 0) is 14.8 Å². The Morgan fingerprint density at radius 2 is 1.85 bits per heavy atom. The first-order valence-corrected chi connectivity index (χ1v) is 10.8. The van der Waals surface area contributed by atoms with Gasteiger partial charge in [0.25, 0.3) is 0 Å². The number of likely N-dealkylation sites (tertiary alicyclic amines) is 1. The van der Waals surface area contributed by atoms with Gasteiger partial charge >= 0.3 is 0 Å². The SMILES string of the molecule is Cc1cc(S(=O)(=O)NC2CCN(C(=O)C3CC3)CC2)ccc1OC(C)C. The van der Waals surface area contributed by atoms with Crippen LogP contribution in [0.1, 0.15) is 45.1 Å². The summed E-state index contributed by atoms with van der Waals surface area (Å²) >= 11 is 0. The van der Waals surface area contributed by atoms with Crippen LogP contribution < -0.4 is 9.46 Å². The second-order valence-corrected chi connectivity index (χ2v) is 9.30. The molecular formula is C19H28N2O4S. The van der Waals surface area contributed by atoms with Crippen molar-refractivity contribution in [2.75, 3.05) is 13.1 Å². The molecule has 2 aliphatic rings. The zero-order valence-corrected chi connectivity index (χ0v) is 16.5. The van der Waals surface area contributed by atoms with E-state index in [0.29, 0.717) is 31.7 Å². The van der Waals surface area contributed by atoms with E-state index < -0.39 is 10.0 Å². The van der Waals surface area contributed by atoms with Crippen LogP contribution in [0.2, 0.25) is 0 Å². The number of piperidine rings is 1. The van der Waals surface area contributed by atoms with Gasteiger partial charge in [-0.2, -0.15) is 0 Å². The van der Waals surface area contributed by atoms with E-state index in [-0.39, 0.29) is 28.9 Å². The number of amides is 1. The van der Waals surface area contributed by atoms with Crippen molar-refractivity contribution < 1.29 is 17.9 Å². The molecule has 0 bridgehead atoms. The maximum atomic E-state index is 12.7. The van der Waals surface area contributed by atoms with Crippen molar-refractivity contribution in [2.24, 2.45) is 5.92 Å². The van der Waals surface area contributed by atoms with Crippen molar-refractivity contribution in [2.45, 2.75) is 63.5 Å². The molecule has 6 nitrogen and oxygen atoms in total. The number of hydrogen-bond donors (Lipinski definition) is 1. The highest BCUT2D eigenvalue weighted by Crippen LogP contribution is 2.32. The third-order valence-electron chi connectivity index (χ3n) is 4.87. The number of aryl methyl sites for hydroxylation is 1. The lowest BCUT2D eigenvalue weighted by molar-refractivity contribution is -0.133. The highest BCUT2D eigenvalue weighted by Gasteiger charge is 2.35. The molecule has 1 aliphatic heterocycles. The van der Waals surface area contributed by atoms with E-state index in [0.717, 1.165) is 18.4 Å². The summed E-state index contributed by atoms with van der Waals surface area (Å²) in [6, 6.07) is 4.81. The van der Waals surface area contributed by atoms with E-state index in [1.54, 1.807) is 18.2 Å². The largest absolute Gasteiger partial charge is 0.491 e. The van der Waals surface area contributed by atoms with Crippen LogP contribution in [0.3, 0.4) is 0 Å². The van der Waals surface area contributed by atoms with Crippen molar-refractivity contribution >= 4 is 15.9 Å². The molecule has 7 heteroatoms. The Kier molecular flexibility index (Phi) is 5.58. The van der Waals surface area contributed by atoms with E-state index in [1.165, 1.54) is 0 Å². The lowest BCUT2D eigenvalue weighted by atomic mass is 10.1. The van der Waals surface area contributed by atoms with Crippen molar-refractivity contribution in [1.29, 1.82) is 0 Å². The van der Waals surface area contributed by atoms with Crippen molar-refractivity contribution in [3.63, 3.8) is 0 Å². The minimum atomic E-state index is -3.58. The molecule has 1 N–H and O–H groups in total. The van der Waals surface area contributed by atoms with Crippen LogP contribution in [0.5, 0.6) is 5.75 Å². The number of carbonyl (C=O) groups is 1. The Bertz CT molecular complexity index is 764. The Balaban J connectivity index is 1.60. The van der Waals surface area contributed by atoms with Gasteiger partial charge in [0, 0.05) is 25.0 Å². The van der Waals surface area contributed by atoms with Gasteiger partial charge in [0.15, 0.2) is 0 Å². The van der Waals surface area contributed by atoms with Crippen LogP contribution >= 0.6 is 0 Å². The fourth-order valence-corrected chi connectivity index (χ4v) is 4.66. The third kappa shape index (κ3) is 4.57. The van der Waals surface area contributed by atoms with Gasteiger partial charge in [0.2, 0.25) is 15.9 Å². The van der Waals surface area contributed by atoms with E-state index in [9.17, 15) is 13.2 Å². The Hall–Kier alpha value is -1.60. The van der Waals surface area contributed by atoms with Crippen molar-refractivity contribution in [1.82, 2.24) is 9.62 Å². The lowest BCUT2D eigenvalue weighted by Gasteiger charge is -2.32. The van der Waals surface area contributed by atoms with E-state index in [1.807, 2.05) is 25.7 Å². The molecule has 3 rings (SSSR count). The van der Waals surface area contributed by atoms with Crippen LogP contribution in [-0.4, -0.2) is 44.5 Å². The Labute approximate surface area is 156 Å². The van der Waals surface area contributed by atoms with E-state index in [2.05, 4.69) is 4.72 Å². The molecule has 1 aromatic rings. The van der Waals surface area contributed by atoms with Crippen LogP contribution in [0, 0.1) is 12.8 Å². The smallest absolute Gasteiger partial charge is 0.240 e. The maximum absolute atomic E-state index is 12.7. The van der Waals surface area contributed by atoms with Gasteiger partial charge in [-0.15, -0.1) is 0 Å². The molecule has 0 unspecified atom stereocenters. The number of nitrogens with one attached hydrogen (secondary N) is 1. The average molecular weight is 381 g/mol. The van der Waals surface area contributed by atoms with Gasteiger partial charge in [-0.25, -0.2) is 13.1 Å². The van der Waals surface area contributed by atoms with Gasteiger partial charge in [0.1, 0.15) is 5.75 Å².